The van der Waals surface area contributed by atoms with Crippen molar-refractivity contribution in [2.24, 2.45) is 0 Å². The highest BCUT2D eigenvalue weighted by Crippen LogP contribution is 2.07. The van der Waals surface area contributed by atoms with E-state index < -0.39 is 0 Å². The number of rotatable bonds is 7. The van der Waals surface area contributed by atoms with Crippen LogP contribution in [0.15, 0.2) is 24.3 Å². The van der Waals surface area contributed by atoms with Gasteiger partial charge in [0.1, 0.15) is 0 Å². The summed E-state index contributed by atoms with van der Waals surface area (Å²) in [6.45, 7) is 6.25. The zero-order chi connectivity index (χ0) is 16.5. The lowest BCUT2D eigenvalue weighted by molar-refractivity contribution is -0.136. The Bertz CT molecular complexity index is 544. The summed E-state index contributed by atoms with van der Waals surface area (Å²) in [5.74, 6) is -0.172. The summed E-state index contributed by atoms with van der Waals surface area (Å²) in [6.07, 6.45) is 0.960. The highest BCUT2D eigenvalue weighted by Gasteiger charge is 2.15. The van der Waals surface area contributed by atoms with Crippen molar-refractivity contribution in [2.45, 2.75) is 39.7 Å². The molecule has 0 saturated heterocycles. The summed E-state index contributed by atoms with van der Waals surface area (Å²) in [5.41, 5.74) is 1.62. The topological polar surface area (TPSA) is 73.2 Å². The number of carbonyl (C=O) groups excluding carboxylic acids is 2. The van der Waals surface area contributed by atoms with Crippen LogP contribution in [0.5, 0.6) is 0 Å². The van der Waals surface area contributed by atoms with Gasteiger partial charge in [-0.15, -0.1) is 0 Å². The summed E-state index contributed by atoms with van der Waals surface area (Å²) >= 11 is 0. The predicted octanol–water partition coefficient (Wildman–Crippen LogP) is 1.86. The molecule has 0 saturated carbocycles. The van der Waals surface area contributed by atoms with Crippen LogP contribution in [-0.2, 0) is 16.0 Å². The van der Waals surface area contributed by atoms with Gasteiger partial charge in [-0.1, -0.05) is 12.1 Å². The lowest BCUT2D eigenvalue weighted by atomic mass is 10.1. The number of benzene rings is 1. The molecule has 1 aromatic carbocycles. The molecule has 0 heterocycles. The van der Waals surface area contributed by atoms with E-state index in [1.54, 1.807) is 17.0 Å². The van der Waals surface area contributed by atoms with Crippen molar-refractivity contribution in [3.8, 4) is 6.07 Å². The molecule has 5 nitrogen and oxygen atoms in total. The van der Waals surface area contributed by atoms with E-state index in [1.165, 1.54) is 0 Å². The summed E-state index contributed by atoms with van der Waals surface area (Å²) < 4.78 is 0. The first-order chi connectivity index (χ1) is 10.5. The SMILES string of the molecule is CCN(CC(=O)NC(C)C)C(=O)CCc1ccc(C#N)cc1. The van der Waals surface area contributed by atoms with E-state index in [0.717, 1.165) is 5.56 Å². The number of hydrogen-bond acceptors (Lipinski definition) is 3. The van der Waals surface area contributed by atoms with Crippen molar-refractivity contribution in [1.29, 1.82) is 5.26 Å². The van der Waals surface area contributed by atoms with E-state index in [0.29, 0.717) is 24.9 Å². The van der Waals surface area contributed by atoms with E-state index in [4.69, 9.17) is 5.26 Å². The number of nitriles is 1. The van der Waals surface area contributed by atoms with Crippen molar-refractivity contribution >= 4 is 11.8 Å². The average Bonchev–Trinajstić information content (AvgIpc) is 2.50. The van der Waals surface area contributed by atoms with Crippen molar-refractivity contribution in [3.05, 3.63) is 35.4 Å². The maximum absolute atomic E-state index is 12.2. The Hall–Kier alpha value is -2.35. The number of hydrogen-bond donors (Lipinski definition) is 1. The van der Waals surface area contributed by atoms with Crippen LogP contribution >= 0.6 is 0 Å². The largest absolute Gasteiger partial charge is 0.352 e. The predicted molar refractivity (Wildman–Crippen MR) is 85.0 cm³/mol. The highest BCUT2D eigenvalue weighted by atomic mass is 16.2. The van der Waals surface area contributed by atoms with E-state index in [1.807, 2.05) is 32.9 Å². The van der Waals surface area contributed by atoms with Gasteiger partial charge in [-0.25, -0.2) is 0 Å². The van der Waals surface area contributed by atoms with Gasteiger partial charge in [0, 0.05) is 19.0 Å². The molecule has 0 radical (unpaired) electrons. The quantitative estimate of drug-likeness (QED) is 0.835. The smallest absolute Gasteiger partial charge is 0.239 e. The van der Waals surface area contributed by atoms with Gasteiger partial charge in [0.25, 0.3) is 0 Å². The Balaban J connectivity index is 2.50. The number of likely N-dealkylation sites (N-methyl/N-ethyl adjacent to an activating group) is 1. The molecule has 0 aliphatic carbocycles. The van der Waals surface area contributed by atoms with E-state index in [9.17, 15) is 9.59 Å². The van der Waals surface area contributed by atoms with E-state index in [-0.39, 0.29) is 24.4 Å². The summed E-state index contributed by atoms with van der Waals surface area (Å²) in [7, 11) is 0. The third-order valence-corrected chi connectivity index (χ3v) is 3.23. The third kappa shape index (κ3) is 5.96. The minimum absolute atomic E-state index is 0.0363. The van der Waals surface area contributed by atoms with Gasteiger partial charge in [-0.2, -0.15) is 5.26 Å². The number of nitrogens with one attached hydrogen (secondary N) is 1. The first-order valence-electron chi connectivity index (χ1n) is 7.52. The molecule has 1 aromatic rings. The second-order valence-corrected chi connectivity index (χ2v) is 5.44. The van der Waals surface area contributed by atoms with Crippen LogP contribution in [-0.4, -0.2) is 35.8 Å². The fourth-order valence-electron chi connectivity index (χ4n) is 2.07. The number of amides is 2. The normalized spacial score (nSPS) is 10.1. The van der Waals surface area contributed by atoms with E-state index >= 15 is 0 Å². The van der Waals surface area contributed by atoms with Gasteiger partial charge in [-0.05, 0) is 44.9 Å². The van der Waals surface area contributed by atoms with Crippen molar-refractivity contribution in [1.82, 2.24) is 10.2 Å². The highest BCUT2D eigenvalue weighted by molar-refractivity contribution is 5.85. The lowest BCUT2D eigenvalue weighted by Gasteiger charge is -2.21. The molecule has 22 heavy (non-hydrogen) atoms. The van der Waals surface area contributed by atoms with Gasteiger partial charge in [-0.3, -0.25) is 9.59 Å². The second-order valence-electron chi connectivity index (χ2n) is 5.44. The molecule has 1 N–H and O–H groups in total. The molecule has 0 fully saturated rings. The van der Waals surface area contributed by atoms with Gasteiger partial charge < -0.3 is 10.2 Å². The molecule has 0 bridgehead atoms. The molecular weight excluding hydrogens is 278 g/mol. The van der Waals surface area contributed by atoms with Crippen molar-refractivity contribution in [3.63, 3.8) is 0 Å². The lowest BCUT2D eigenvalue weighted by Crippen LogP contribution is -2.42. The van der Waals surface area contributed by atoms with Crippen molar-refractivity contribution < 1.29 is 9.59 Å². The molecule has 0 aromatic heterocycles. The molecule has 0 aliphatic rings. The Morgan fingerprint density at radius 3 is 2.41 bits per heavy atom. The summed E-state index contributed by atoms with van der Waals surface area (Å²) in [4.78, 5) is 25.5. The third-order valence-electron chi connectivity index (χ3n) is 3.23. The summed E-state index contributed by atoms with van der Waals surface area (Å²) in [6, 6.07) is 9.33. The molecule has 0 atom stereocenters. The molecule has 0 unspecified atom stereocenters. The number of carbonyl (C=O) groups is 2. The molecular formula is C17H23N3O2. The van der Waals surface area contributed by atoms with E-state index in [2.05, 4.69) is 11.4 Å². The van der Waals surface area contributed by atoms with Crippen molar-refractivity contribution in [2.75, 3.05) is 13.1 Å². The Kier molecular flexibility index (Phi) is 7.11. The van der Waals surface area contributed by atoms with Gasteiger partial charge in [0.05, 0.1) is 18.2 Å². The first-order valence-corrected chi connectivity index (χ1v) is 7.52. The Morgan fingerprint density at radius 2 is 1.91 bits per heavy atom. The van der Waals surface area contributed by atoms with Crippen LogP contribution in [0.1, 0.15) is 38.3 Å². The standard InChI is InChI=1S/C17H23N3O2/c1-4-20(12-16(21)19-13(2)3)17(22)10-9-14-5-7-15(11-18)8-6-14/h5-8,13H,4,9-10,12H2,1-3H3,(H,19,21). The maximum atomic E-state index is 12.2. The molecule has 5 heteroatoms. The fourth-order valence-corrected chi connectivity index (χ4v) is 2.07. The van der Waals surface area contributed by atoms with Crippen LogP contribution < -0.4 is 5.32 Å². The van der Waals surface area contributed by atoms with Crippen LogP contribution in [0.2, 0.25) is 0 Å². The van der Waals surface area contributed by atoms with Gasteiger partial charge in [0.15, 0.2) is 0 Å². The zero-order valence-corrected chi connectivity index (χ0v) is 13.4. The average molecular weight is 301 g/mol. The zero-order valence-electron chi connectivity index (χ0n) is 13.4. The molecule has 1 rings (SSSR count). The van der Waals surface area contributed by atoms with Crippen LogP contribution in [0.4, 0.5) is 0 Å². The summed E-state index contributed by atoms with van der Waals surface area (Å²) in [5, 5.41) is 11.5. The van der Waals surface area contributed by atoms with Gasteiger partial charge in [0.2, 0.25) is 11.8 Å². The minimum Gasteiger partial charge on any atom is -0.352 e. The van der Waals surface area contributed by atoms with Gasteiger partial charge >= 0.3 is 0 Å². The Morgan fingerprint density at radius 1 is 1.27 bits per heavy atom. The molecule has 0 spiro atoms. The number of aryl methyl sites for hydroxylation is 1. The first kappa shape index (κ1) is 17.7. The van der Waals surface area contributed by atoms with Crippen LogP contribution in [0.25, 0.3) is 0 Å². The second kappa shape index (κ2) is 8.83. The maximum Gasteiger partial charge on any atom is 0.239 e. The Labute approximate surface area is 131 Å². The number of nitrogens with zero attached hydrogens (tertiary/aromatic N) is 2. The fraction of sp³-hybridized carbons (Fsp3) is 0.471. The van der Waals surface area contributed by atoms with Crippen LogP contribution in [0, 0.1) is 11.3 Å². The molecule has 2 amide bonds. The van der Waals surface area contributed by atoms with Crippen LogP contribution in [0.3, 0.4) is 0 Å². The monoisotopic (exact) mass is 301 g/mol. The molecule has 118 valence electrons. The minimum atomic E-state index is -0.136. The molecule has 0 aliphatic heterocycles.